The second-order valence-electron chi connectivity index (χ2n) is 14.4. The van der Waals surface area contributed by atoms with Gasteiger partial charge < -0.3 is 4.42 Å². The minimum atomic E-state index is 0.889. The summed E-state index contributed by atoms with van der Waals surface area (Å²) in [4.78, 5) is 0. The van der Waals surface area contributed by atoms with Gasteiger partial charge in [0.05, 0.1) is 0 Å². The Morgan fingerprint density at radius 1 is 0.278 bits per heavy atom. The van der Waals surface area contributed by atoms with Crippen LogP contribution >= 0.6 is 0 Å². The van der Waals surface area contributed by atoms with Gasteiger partial charge in [0.15, 0.2) is 0 Å². The first-order chi connectivity index (χ1) is 26.7. The van der Waals surface area contributed by atoms with Gasteiger partial charge >= 0.3 is 0 Å². The molecule has 54 heavy (non-hydrogen) atoms. The summed E-state index contributed by atoms with van der Waals surface area (Å²) in [6.45, 7) is 2.15. The lowest BCUT2D eigenvalue weighted by Crippen LogP contribution is -1.92. The number of fused-ring (bicyclic) bond motifs is 7. The Bertz CT molecular complexity index is 3140. The number of furan rings is 1. The molecule has 1 heteroatoms. The maximum absolute atomic E-state index is 6.82. The van der Waals surface area contributed by atoms with Crippen LogP contribution in [-0.4, -0.2) is 0 Å². The summed E-state index contributed by atoms with van der Waals surface area (Å²) in [7, 11) is 0. The van der Waals surface area contributed by atoms with Crippen LogP contribution in [0.15, 0.2) is 192 Å². The van der Waals surface area contributed by atoms with Crippen LogP contribution in [-0.2, 0) is 0 Å². The third-order valence-electron chi connectivity index (χ3n) is 11.3. The maximum Gasteiger partial charge on any atom is 0.136 e. The lowest BCUT2D eigenvalue weighted by Gasteiger charge is -2.19. The van der Waals surface area contributed by atoms with E-state index in [-0.39, 0.29) is 0 Å². The standard InChI is InChI=1S/C53H34O/c1-33-29-31-35(32-30-33)49-38-19-7-11-23-42(38)51(43-24-12-8-20-39(43)49)45-26-14-28-47-53(45)52-44(25-13-27-46(52)54-47)50-40-21-9-5-17-36(40)48(34-15-3-2-4-16-34)37-18-6-10-22-41(37)50/h2-32H,1H3. The molecule has 11 aromatic rings. The van der Waals surface area contributed by atoms with Gasteiger partial charge in [-0.25, -0.2) is 0 Å². The van der Waals surface area contributed by atoms with E-state index < -0.39 is 0 Å². The molecule has 0 bridgehead atoms. The minimum absolute atomic E-state index is 0.889. The molecule has 0 saturated heterocycles. The third kappa shape index (κ3) is 4.52. The third-order valence-corrected chi connectivity index (χ3v) is 11.3. The Labute approximate surface area is 313 Å². The SMILES string of the molecule is Cc1ccc(-c2c3ccccc3c(-c3cccc4oc5cccc(-c6c7ccccc7c(-c7ccccc7)c7ccccc67)c5c34)c3ccccc23)cc1. The summed E-state index contributed by atoms with van der Waals surface area (Å²) in [5.74, 6) is 0. The largest absolute Gasteiger partial charge is 0.456 e. The van der Waals surface area contributed by atoms with E-state index in [2.05, 4.69) is 195 Å². The van der Waals surface area contributed by atoms with E-state index in [1.807, 2.05) is 0 Å². The van der Waals surface area contributed by atoms with Gasteiger partial charge in [0.25, 0.3) is 0 Å². The predicted octanol–water partition coefficient (Wildman–Crippen LogP) is 15.2. The second kappa shape index (κ2) is 12.0. The number of benzene rings is 10. The highest BCUT2D eigenvalue weighted by molar-refractivity contribution is 6.30. The van der Waals surface area contributed by atoms with Gasteiger partial charge in [-0.05, 0) is 107 Å². The van der Waals surface area contributed by atoms with E-state index in [0.717, 1.165) is 21.9 Å². The summed E-state index contributed by atoms with van der Waals surface area (Å²) >= 11 is 0. The first kappa shape index (κ1) is 30.6. The molecule has 0 radical (unpaired) electrons. The lowest BCUT2D eigenvalue weighted by atomic mass is 9.83. The van der Waals surface area contributed by atoms with E-state index in [1.165, 1.54) is 93.2 Å². The van der Waals surface area contributed by atoms with Gasteiger partial charge in [0.1, 0.15) is 11.2 Å². The number of aryl methyl sites for hydroxylation is 1. The first-order valence-corrected chi connectivity index (χ1v) is 18.7. The normalized spacial score (nSPS) is 11.8. The molecule has 0 saturated carbocycles. The van der Waals surface area contributed by atoms with Crippen molar-refractivity contribution in [2.75, 3.05) is 0 Å². The van der Waals surface area contributed by atoms with Crippen LogP contribution in [0.5, 0.6) is 0 Å². The Morgan fingerprint density at radius 2 is 0.611 bits per heavy atom. The summed E-state index contributed by atoms with van der Waals surface area (Å²) in [5, 5.41) is 12.2. The average molecular weight is 687 g/mol. The fraction of sp³-hybridized carbons (Fsp3) is 0.0189. The predicted molar refractivity (Wildman–Crippen MR) is 230 cm³/mol. The van der Waals surface area contributed by atoms with Crippen LogP contribution in [0.1, 0.15) is 5.56 Å². The number of hydrogen-bond donors (Lipinski definition) is 0. The fourth-order valence-corrected chi connectivity index (χ4v) is 9.07. The maximum atomic E-state index is 6.82. The van der Waals surface area contributed by atoms with Crippen molar-refractivity contribution in [2.45, 2.75) is 6.92 Å². The van der Waals surface area contributed by atoms with E-state index in [0.29, 0.717) is 0 Å². The van der Waals surface area contributed by atoms with Crippen molar-refractivity contribution < 1.29 is 4.42 Å². The topological polar surface area (TPSA) is 13.1 Å². The van der Waals surface area contributed by atoms with Crippen LogP contribution in [0, 0.1) is 6.92 Å². The van der Waals surface area contributed by atoms with E-state index in [4.69, 9.17) is 4.42 Å². The molecule has 0 unspecified atom stereocenters. The van der Waals surface area contributed by atoms with Crippen LogP contribution in [0.3, 0.4) is 0 Å². The average Bonchev–Trinajstić information content (AvgIpc) is 3.62. The molecule has 0 amide bonds. The Balaban J connectivity index is 1.28. The van der Waals surface area contributed by atoms with Crippen LogP contribution < -0.4 is 0 Å². The molecule has 1 aromatic heterocycles. The molecule has 11 rings (SSSR count). The molecular formula is C53H34O. The molecule has 1 heterocycles. The first-order valence-electron chi connectivity index (χ1n) is 18.7. The molecule has 252 valence electrons. The molecule has 0 atom stereocenters. The van der Waals surface area contributed by atoms with Crippen molar-refractivity contribution >= 4 is 65.0 Å². The van der Waals surface area contributed by atoms with E-state index >= 15 is 0 Å². The Kier molecular flexibility index (Phi) is 6.84. The van der Waals surface area contributed by atoms with Crippen LogP contribution in [0.25, 0.3) is 110 Å². The zero-order valence-corrected chi connectivity index (χ0v) is 29.8. The Morgan fingerprint density at radius 3 is 1.00 bits per heavy atom. The van der Waals surface area contributed by atoms with Crippen molar-refractivity contribution in [3.05, 3.63) is 194 Å². The quantitative estimate of drug-likeness (QED) is 0.168. The lowest BCUT2D eigenvalue weighted by molar-refractivity contribution is 0.669. The van der Waals surface area contributed by atoms with Gasteiger partial charge in [-0.15, -0.1) is 0 Å². The minimum Gasteiger partial charge on any atom is -0.456 e. The van der Waals surface area contributed by atoms with Gasteiger partial charge in [-0.1, -0.05) is 181 Å². The molecule has 0 fully saturated rings. The van der Waals surface area contributed by atoms with Gasteiger partial charge in [0.2, 0.25) is 0 Å². The molecule has 0 spiro atoms. The summed E-state index contributed by atoms with van der Waals surface area (Å²) in [6.07, 6.45) is 0. The molecule has 1 nitrogen and oxygen atoms in total. The Hall–Kier alpha value is -6.96. The van der Waals surface area contributed by atoms with E-state index in [9.17, 15) is 0 Å². The zero-order chi connectivity index (χ0) is 35.8. The second-order valence-corrected chi connectivity index (χ2v) is 14.4. The summed E-state index contributed by atoms with van der Waals surface area (Å²) in [6, 6.07) is 68.5. The van der Waals surface area contributed by atoms with Gasteiger partial charge in [-0.2, -0.15) is 0 Å². The van der Waals surface area contributed by atoms with E-state index in [1.54, 1.807) is 0 Å². The number of rotatable bonds is 4. The molecule has 0 aliphatic rings. The van der Waals surface area contributed by atoms with Gasteiger partial charge in [-0.3, -0.25) is 0 Å². The van der Waals surface area contributed by atoms with Crippen molar-refractivity contribution in [2.24, 2.45) is 0 Å². The fourth-order valence-electron chi connectivity index (χ4n) is 9.07. The number of hydrogen-bond acceptors (Lipinski definition) is 1. The molecule has 0 N–H and O–H groups in total. The highest BCUT2D eigenvalue weighted by atomic mass is 16.3. The van der Waals surface area contributed by atoms with Crippen LogP contribution in [0.2, 0.25) is 0 Å². The molecule has 10 aromatic carbocycles. The highest BCUT2D eigenvalue weighted by Gasteiger charge is 2.24. The van der Waals surface area contributed by atoms with Gasteiger partial charge in [0, 0.05) is 10.8 Å². The summed E-state index contributed by atoms with van der Waals surface area (Å²) in [5.41, 5.74) is 12.8. The monoisotopic (exact) mass is 686 g/mol. The molecule has 0 aliphatic heterocycles. The van der Waals surface area contributed by atoms with Crippen molar-refractivity contribution in [3.8, 4) is 44.5 Å². The summed E-state index contributed by atoms with van der Waals surface area (Å²) < 4.78 is 6.82. The zero-order valence-electron chi connectivity index (χ0n) is 29.8. The van der Waals surface area contributed by atoms with Crippen LogP contribution in [0.4, 0.5) is 0 Å². The van der Waals surface area contributed by atoms with Crippen molar-refractivity contribution in [3.63, 3.8) is 0 Å². The molecular weight excluding hydrogens is 653 g/mol. The smallest absolute Gasteiger partial charge is 0.136 e. The molecule has 0 aliphatic carbocycles. The van der Waals surface area contributed by atoms with Crippen molar-refractivity contribution in [1.29, 1.82) is 0 Å². The van der Waals surface area contributed by atoms with Crippen molar-refractivity contribution in [1.82, 2.24) is 0 Å². The highest BCUT2D eigenvalue weighted by Crippen LogP contribution is 2.50.